The van der Waals surface area contributed by atoms with Gasteiger partial charge in [-0.05, 0) is 56.6 Å². The van der Waals surface area contributed by atoms with Crippen LogP contribution in [0.3, 0.4) is 0 Å². The van der Waals surface area contributed by atoms with Crippen LogP contribution < -0.4 is 11.1 Å². The molecule has 0 radical (unpaired) electrons. The van der Waals surface area contributed by atoms with Crippen molar-refractivity contribution in [2.24, 2.45) is 17.1 Å². The summed E-state index contributed by atoms with van der Waals surface area (Å²) < 4.78 is 24.6. The van der Waals surface area contributed by atoms with Gasteiger partial charge in [0.05, 0.1) is 5.69 Å². The van der Waals surface area contributed by atoms with Crippen molar-refractivity contribution in [2.75, 3.05) is 18.5 Å². The third-order valence-corrected chi connectivity index (χ3v) is 8.95. The molecular formula is C33H48N6O8. The van der Waals surface area contributed by atoms with Gasteiger partial charge in [-0.1, -0.05) is 47.0 Å². The number of nitrogens with two attached hydrogens (primary N) is 1. The number of rotatable bonds is 13. The number of nitrogens with zero attached hydrogens (tertiary/aromatic N) is 4. The van der Waals surface area contributed by atoms with Crippen molar-refractivity contribution in [1.82, 2.24) is 14.6 Å². The molecular weight excluding hydrogens is 608 g/mol. The van der Waals surface area contributed by atoms with Crippen LogP contribution in [-0.4, -0.2) is 80.7 Å². The number of nitriles is 1. The molecule has 2 aliphatic rings. The van der Waals surface area contributed by atoms with E-state index in [1.807, 2.05) is 6.92 Å². The van der Waals surface area contributed by atoms with Crippen LogP contribution in [0.25, 0.3) is 5.52 Å². The summed E-state index contributed by atoms with van der Waals surface area (Å²) in [5.41, 5.74) is 2.60. The summed E-state index contributed by atoms with van der Waals surface area (Å²) in [6.07, 6.45) is 2.82. The van der Waals surface area contributed by atoms with Crippen LogP contribution in [-0.2, 0) is 38.9 Å². The number of aliphatic hydroxyl groups is 1. The lowest BCUT2D eigenvalue weighted by atomic mass is 9.87. The van der Waals surface area contributed by atoms with E-state index >= 15 is 0 Å². The second kappa shape index (κ2) is 14.6. The zero-order valence-corrected chi connectivity index (χ0v) is 28.2. The lowest BCUT2D eigenvalue weighted by Gasteiger charge is -2.29. The number of aliphatic hydroxyl groups excluding tert-OH is 1. The summed E-state index contributed by atoms with van der Waals surface area (Å²) >= 11 is 0. The summed E-state index contributed by atoms with van der Waals surface area (Å²) in [4.78, 5) is 43.2. The molecule has 3 heterocycles. The standard InChI is InChI=1S/C33H48N6O8/c1-7-8-15-45-32(5,6)30(43)38-28-21-13-14-23(39(21)37-19-36-28)33(18-34)27(41)25(46-29(42)26(35)31(2,3)4)22(47-33)17-44-24(40)16-20-11-9-10-12-20/h13-14,19-20,22,25-27,41H,7-12,15-17,35H2,1-6H3,(H,36,37,38,43)/t22-,25-,26-,27-,33+/m1/s1. The number of anilines is 1. The third kappa shape index (κ3) is 7.92. The van der Waals surface area contributed by atoms with E-state index in [1.54, 1.807) is 40.7 Å². The summed E-state index contributed by atoms with van der Waals surface area (Å²) in [6.45, 7) is 10.7. The van der Waals surface area contributed by atoms with Gasteiger partial charge in [-0.2, -0.15) is 10.4 Å². The Morgan fingerprint density at radius 2 is 1.94 bits per heavy atom. The second-order valence-corrected chi connectivity index (χ2v) is 14.0. The van der Waals surface area contributed by atoms with Crippen molar-refractivity contribution in [2.45, 2.75) is 122 Å². The molecule has 1 aliphatic heterocycles. The zero-order chi connectivity index (χ0) is 34.6. The van der Waals surface area contributed by atoms with E-state index in [0.29, 0.717) is 12.1 Å². The molecule has 1 amide bonds. The van der Waals surface area contributed by atoms with Crippen LogP contribution in [0.1, 0.15) is 92.2 Å². The van der Waals surface area contributed by atoms with Crippen molar-refractivity contribution in [1.29, 1.82) is 5.26 Å². The Bertz CT molecular complexity index is 1470. The van der Waals surface area contributed by atoms with Crippen LogP contribution in [0, 0.1) is 22.7 Å². The van der Waals surface area contributed by atoms with E-state index < -0.39 is 58.8 Å². The van der Waals surface area contributed by atoms with E-state index in [4.69, 9.17) is 24.7 Å². The van der Waals surface area contributed by atoms with Crippen molar-refractivity contribution in [3.8, 4) is 6.07 Å². The first kappa shape index (κ1) is 36.2. The van der Waals surface area contributed by atoms with E-state index in [1.165, 1.54) is 16.9 Å². The fraction of sp³-hybridized carbons (Fsp3) is 0.697. The molecule has 2 fully saturated rings. The molecule has 4 rings (SSSR count). The first-order chi connectivity index (χ1) is 22.1. The highest BCUT2D eigenvalue weighted by molar-refractivity contribution is 5.98. The van der Waals surface area contributed by atoms with E-state index in [0.717, 1.165) is 38.5 Å². The van der Waals surface area contributed by atoms with Crippen molar-refractivity contribution in [3.05, 3.63) is 24.2 Å². The minimum Gasteiger partial charge on any atom is -0.463 e. The van der Waals surface area contributed by atoms with E-state index in [-0.39, 0.29) is 30.5 Å². The summed E-state index contributed by atoms with van der Waals surface area (Å²) in [6, 6.07) is 4.06. The first-order valence-electron chi connectivity index (χ1n) is 16.3. The minimum atomic E-state index is -2.12. The SMILES string of the molecule is CCCCOC(C)(C)C(=O)Nc1ncnn2c([C@]3(C#N)O[C@H](COC(=O)CC4CCCC4)[C@@H](OC(=O)[C@@H](N)C(C)(C)C)[C@H]3O)ccc12. The maximum absolute atomic E-state index is 13.1. The minimum absolute atomic E-state index is 0.0832. The van der Waals surface area contributed by atoms with Gasteiger partial charge in [0.2, 0.25) is 5.60 Å². The molecule has 47 heavy (non-hydrogen) atoms. The van der Waals surface area contributed by atoms with Crippen molar-refractivity contribution in [3.63, 3.8) is 0 Å². The number of unbranched alkanes of at least 4 members (excludes halogenated alkanes) is 1. The summed E-state index contributed by atoms with van der Waals surface area (Å²) in [5, 5.41) is 29.3. The predicted molar refractivity (Wildman–Crippen MR) is 170 cm³/mol. The molecule has 1 saturated carbocycles. The van der Waals surface area contributed by atoms with Gasteiger partial charge in [0, 0.05) is 13.0 Å². The Labute approximate surface area is 275 Å². The van der Waals surface area contributed by atoms with Crippen LogP contribution in [0.4, 0.5) is 5.82 Å². The number of nitrogens with one attached hydrogen (secondary N) is 1. The van der Waals surface area contributed by atoms with Gasteiger partial charge < -0.3 is 35.1 Å². The van der Waals surface area contributed by atoms with Crippen molar-refractivity contribution >= 4 is 29.2 Å². The average Bonchev–Trinajstić information content (AvgIpc) is 3.75. The van der Waals surface area contributed by atoms with E-state index in [2.05, 4.69) is 21.5 Å². The number of hydrogen-bond acceptors (Lipinski definition) is 12. The fourth-order valence-corrected chi connectivity index (χ4v) is 5.79. The molecule has 1 saturated heterocycles. The maximum Gasteiger partial charge on any atom is 0.323 e. The first-order valence-corrected chi connectivity index (χ1v) is 16.3. The van der Waals surface area contributed by atoms with Gasteiger partial charge in [-0.25, -0.2) is 9.50 Å². The number of hydrogen-bond donors (Lipinski definition) is 3. The summed E-state index contributed by atoms with van der Waals surface area (Å²) in [5.74, 6) is -1.31. The Kier molecular flexibility index (Phi) is 11.3. The van der Waals surface area contributed by atoms with Gasteiger partial charge >= 0.3 is 11.9 Å². The smallest absolute Gasteiger partial charge is 0.323 e. The van der Waals surface area contributed by atoms with Crippen LogP contribution in [0.2, 0.25) is 0 Å². The van der Waals surface area contributed by atoms with Crippen LogP contribution in [0.15, 0.2) is 18.5 Å². The molecule has 2 aromatic heterocycles. The number of amides is 1. The Morgan fingerprint density at radius 3 is 2.57 bits per heavy atom. The predicted octanol–water partition coefficient (Wildman–Crippen LogP) is 3.15. The molecule has 14 heteroatoms. The third-order valence-electron chi connectivity index (χ3n) is 8.95. The molecule has 0 aromatic carbocycles. The molecule has 5 atom stereocenters. The van der Waals surface area contributed by atoms with Gasteiger partial charge in [-0.15, -0.1) is 0 Å². The zero-order valence-electron chi connectivity index (χ0n) is 28.2. The van der Waals surface area contributed by atoms with Gasteiger partial charge in [0.15, 0.2) is 11.9 Å². The Balaban J connectivity index is 1.63. The number of fused-ring (bicyclic) bond motifs is 1. The number of carbonyl (C=O) groups excluding carboxylic acids is 3. The largest absolute Gasteiger partial charge is 0.463 e. The van der Waals surface area contributed by atoms with Crippen molar-refractivity contribution < 1.29 is 38.4 Å². The van der Waals surface area contributed by atoms with Crippen LogP contribution >= 0.6 is 0 Å². The van der Waals surface area contributed by atoms with Crippen LogP contribution in [0.5, 0.6) is 0 Å². The molecule has 4 N–H and O–H groups in total. The van der Waals surface area contributed by atoms with Gasteiger partial charge in [-0.3, -0.25) is 14.4 Å². The lowest BCUT2D eigenvalue weighted by molar-refractivity contribution is -0.163. The highest BCUT2D eigenvalue weighted by Crippen LogP contribution is 2.42. The molecule has 0 spiro atoms. The molecule has 258 valence electrons. The fourth-order valence-electron chi connectivity index (χ4n) is 5.79. The topological polar surface area (TPSA) is 200 Å². The molecule has 0 bridgehead atoms. The highest BCUT2D eigenvalue weighted by atomic mass is 16.6. The average molecular weight is 657 g/mol. The number of carbonyl (C=O) groups is 3. The van der Waals surface area contributed by atoms with E-state index in [9.17, 15) is 24.8 Å². The van der Waals surface area contributed by atoms with Gasteiger partial charge in [0.25, 0.3) is 5.91 Å². The molecule has 0 unspecified atom stereocenters. The summed E-state index contributed by atoms with van der Waals surface area (Å²) in [7, 11) is 0. The number of esters is 2. The maximum atomic E-state index is 13.1. The monoisotopic (exact) mass is 656 g/mol. The number of ether oxygens (including phenoxy) is 4. The molecule has 1 aliphatic carbocycles. The van der Waals surface area contributed by atoms with Gasteiger partial charge in [0.1, 0.15) is 48.4 Å². The second-order valence-electron chi connectivity index (χ2n) is 14.0. The molecule has 2 aromatic rings. The highest BCUT2D eigenvalue weighted by Gasteiger charge is 2.60. The normalized spacial score (nSPS) is 24.2. The Hall–Kier alpha value is -3.64. The quantitative estimate of drug-likeness (QED) is 0.210. The lowest BCUT2D eigenvalue weighted by Crippen LogP contribution is -2.49. The Morgan fingerprint density at radius 1 is 1.23 bits per heavy atom. The number of aromatic nitrogens is 3. The molecule has 14 nitrogen and oxygen atoms in total.